The number of carbonyl (C=O) groups excluding carboxylic acids is 1. The van der Waals surface area contributed by atoms with E-state index < -0.39 is 21.9 Å². The zero-order chi connectivity index (χ0) is 17.3. The fourth-order valence-corrected chi connectivity index (χ4v) is 4.31. The van der Waals surface area contributed by atoms with Gasteiger partial charge in [0.25, 0.3) is 0 Å². The molecule has 2 heterocycles. The third-order valence-electron chi connectivity index (χ3n) is 3.95. The molecule has 0 N–H and O–H groups in total. The number of hydrogen-bond acceptors (Lipinski definition) is 6. The molecule has 0 spiro atoms. The second-order valence-electron chi connectivity index (χ2n) is 5.50. The Morgan fingerprint density at radius 1 is 1.25 bits per heavy atom. The second-order valence-corrected chi connectivity index (χ2v) is 7.43. The minimum atomic E-state index is -3.67. The number of carbonyl (C=O) groups is 1. The summed E-state index contributed by atoms with van der Waals surface area (Å²) < 4.78 is 37.4. The monoisotopic (exact) mass is 354 g/mol. The Labute approximate surface area is 138 Å². The van der Waals surface area contributed by atoms with E-state index in [1.807, 2.05) is 0 Å². The molecule has 0 amide bonds. The van der Waals surface area contributed by atoms with Crippen LogP contribution in [0.2, 0.25) is 0 Å². The maximum absolute atomic E-state index is 12.7. The minimum Gasteiger partial charge on any atom is -0.449 e. The quantitative estimate of drug-likeness (QED) is 0.833. The van der Waals surface area contributed by atoms with Gasteiger partial charge in [0.05, 0.1) is 11.5 Å². The molecule has 2 aromatic rings. The van der Waals surface area contributed by atoms with E-state index in [9.17, 15) is 18.0 Å². The Morgan fingerprint density at radius 2 is 1.96 bits per heavy atom. The molecule has 0 aliphatic carbocycles. The van der Waals surface area contributed by atoms with Crippen molar-refractivity contribution in [3.05, 3.63) is 28.7 Å². The number of rotatable bonds is 3. The maximum Gasteiger partial charge on any atom is 0.429 e. The van der Waals surface area contributed by atoms with Crippen molar-refractivity contribution in [2.75, 3.05) is 19.7 Å². The van der Waals surface area contributed by atoms with Gasteiger partial charge >= 0.3 is 11.8 Å². The zero-order valence-electron chi connectivity index (χ0n) is 13.2. The van der Waals surface area contributed by atoms with E-state index in [-0.39, 0.29) is 22.6 Å². The fourth-order valence-electron chi connectivity index (χ4n) is 2.77. The number of benzene rings is 1. The zero-order valence-corrected chi connectivity index (χ0v) is 14.0. The van der Waals surface area contributed by atoms with Gasteiger partial charge in [-0.1, -0.05) is 6.42 Å². The van der Waals surface area contributed by atoms with Crippen LogP contribution in [0.1, 0.15) is 26.2 Å². The number of piperidine rings is 1. The van der Waals surface area contributed by atoms with Gasteiger partial charge in [0.15, 0.2) is 5.58 Å². The molecule has 1 aromatic heterocycles. The number of sulfonamides is 1. The smallest absolute Gasteiger partial charge is 0.429 e. The van der Waals surface area contributed by atoms with Gasteiger partial charge in [-0.3, -0.25) is 0 Å². The SMILES string of the molecule is CCOC(=O)n1c(=O)oc2ccc(S(=O)(=O)N3CCCCC3)cc21. The predicted octanol–water partition coefficient (Wildman–Crippen LogP) is 1.77. The van der Waals surface area contributed by atoms with Crippen LogP contribution in [0.5, 0.6) is 0 Å². The van der Waals surface area contributed by atoms with Gasteiger partial charge in [0, 0.05) is 13.1 Å². The average molecular weight is 354 g/mol. The molecular formula is C15H18N2O6S. The third-order valence-corrected chi connectivity index (χ3v) is 5.85. The summed E-state index contributed by atoms with van der Waals surface area (Å²) in [6.07, 6.45) is 1.75. The summed E-state index contributed by atoms with van der Waals surface area (Å²) in [5.41, 5.74) is 0.210. The predicted molar refractivity (Wildman–Crippen MR) is 85.5 cm³/mol. The summed E-state index contributed by atoms with van der Waals surface area (Å²) in [5, 5.41) is 0. The second kappa shape index (κ2) is 6.40. The Balaban J connectivity index is 2.09. The highest BCUT2D eigenvalue weighted by atomic mass is 32.2. The molecule has 1 aromatic carbocycles. The van der Waals surface area contributed by atoms with E-state index in [2.05, 4.69) is 0 Å². The lowest BCUT2D eigenvalue weighted by Crippen LogP contribution is -2.35. The largest absolute Gasteiger partial charge is 0.449 e. The summed E-state index contributed by atoms with van der Waals surface area (Å²) in [6, 6.07) is 4.04. The highest BCUT2D eigenvalue weighted by molar-refractivity contribution is 7.89. The molecular weight excluding hydrogens is 336 g/mol. The summed E-state index contributed by atoms with van der Waals surface area (Å²) in [4.78, 5) is 23.8. The number of fused-ring (bicyclic) bond motifs is 1. The van der Waals surface area contributed by atoms with Crippen molar-refractivity contribution in [3.63, 3.8) is 0 Å². The van der Waals surface area contributed by atoms with E-state index in [0.29, 0.717) is 17.7 Å². The molecule has 0 bridgehead atoms. The van der Waals surface area contributed by atoms with Gasteiger partial charge in [0.1, 0.15) is 5.52 Å². The van der Waals surface area contributed by atoms with Crippen molar-refractivity contribution in [1.29, 1.82) is 0 Å². The summed E-state index contributed by atoms with van der Waals surface area (Å²) in [5.74, 6) is -0.907. The van der Waals surface area contributed by atoms with Crippen LogP contribution in [0, 0.1) is 0 Å². The van der Waals surface area contributed by atoms with E-state index in [0.717, 1.165) is 19.3 Å². The molecule has 0 unspecified atom stereocenters. The first-order valence-electron chi connectivity index (χ1n) is 7.78. The van der Waals surface area contributed by atoms with Crippen LogP contribution < -0.4 is 5.76 Å². The van der Waals surface area contributed by atoms with Gasteiger partial charge in [-0.2, -0.15) is 8.87 Å². The number of aromatic nitrogens is 1. The lowest BCUT2D eigenvalue weighted by molar-refractivity contribution is 0.153. The van der Waals surface area contributed by atoms with E-state index in [4.69, 9.17) is 9.15 Å². The van der Waals surface area contributed by atoms with Crippen molar-refractivity contribution >= 4 is 27.2 Å². The molecule has 9 heteroatoms. The van der Waals surface area contributed by atoms with Crippen LogP contribution in [0.3, 0.4) is 0 Å². The lowest BCUT2D eigenvalue weighted by Gasteiger charge is -2.25. The average Bonchev–Trinajstić information content (AvgIpc) is 2.90. The van der Waals surface area contributed by atoms with Gasteiger partial charge in [-0.25, -0.2) is 18.0 Å². The maximum atomic E-state index is 12.7. The van der Waals surface area contributed by atoms with Gasteiger partial charge < -0.3 is 9.15 Å². The molecule has 0 saturated carbocycles. The van der Waals surface area contributed by atoms with E-state index in [1.54, 1.807) is 6.92 Å². The Bertz CT molecular complexity index is 921. The molecule has 0 radical (unpaired) electrons. The van der Waals surface area contributed by atoms with Crippen LogP contribution in [-0.4, -0.2) is 43.1 Å². The Kier molecular flexibility index (Phi) is 4.46. The topological polar surface area (TPSA) is 98.8 Å². The Hall–Kier alpha value is -2.13. The van der Waals surface area contributed by atoms with E-state index in [1.165, 1.54) is 22.5 Å². The highest BCUT2D eigenvalue weighted by Gasteiger charge is 2.27. The standard InChI is InChI=1S/C15H18N2O6S/c1-2-22-14(18)17-12-10-11(6-7-13(12)23-15(17)19)24(20,21)16-8-4-3-5-9-16/h6-7,10H,2-5,8-9H2,1H3. The first kappa shape index (κ1) is 16.7. The summed E-state index contributed by atoms with van der Waals surface area (Å²) in [6.45, 7) is 2.63. The molecule has 24 heavy (non-hydrogen) atoms. The Morgan fingerprint density at radius 3 is 2.62 bits per heavy atom. The van der Waals surface area contributed by atoms with Gasteiger partial charge in [-0.05, 0) is 38.0 Å². The van der Waals surface area contributed by atoms with Gasteiger partial charge in [0.2, 0.25) is 10.0 Å². The minimum absolute atomic E-state index is 0.0238. The van der Waals surface area contributed by atoms with Gasteiger partial charge in [-0.15, -0.1) is 0 Å². The molecule has 8 nitrogen and oxygen atoms in total. The van der Waals surface area contributed by atoms with Crippen LogP contribution in [-0.2, 0) is 14.8 Å². The summed E-state index contributed by atoms with van der Waals surface area (Å²) >= 11 is 0. The van der Waals surface area contributed by atoms with E-state index >= 15 is 0 Å². The number of nitrogens with zero attached hydrogens (tertiary/aromatic N) is 2. The molecule has 1 saturated heterocycles. The molecule has 3 rings (SSSR count). The van der Waals surface area contributed by atoms with Crippen molar-refractivity contribution in [2.45, 2.75) is 31.1 Å². The molecule has 0 atom stereocenters. The van der Waals surface area contributed by atoms with Crippen molar-refractivity contribution in [1.82, 2.24) is 8.87 Å². The molecule has 1 aliphatic heterocycles. The number of ether oxygens (including phenoxy) is 1. The van der Waals surface area contributed by atoms with Crippen molar-refractivity contribution in [2.24, 2.45) is 0 Å². The van der Waals surface area contributed by atoms with Crippen LogP contribution >= 0.6 is 0 Å². The lowest BCUT2D eigenvalue weighted by atomic mass is 10.2. The highest BCUT2D eigenvalue weighted by Crippen LogP contribution is 2.24. The number of oxazole rings is 1. The van der Waals surface area contributed by atoms with Crippen LogP contribution in [0.25, 0.3) is 11.1 Å². The third kappa shape index (κ3) is 2.84. The number of hydrogen-bond donors (Lipinski definition) is 0. The summed E-state index contributed by atoms with van der Waals surface area (Å²) in [7, 11) is -3.67. The first-order chi connectivity index (χ1) is 11.4. The van der Waals surface area contributed by atoms with Crippen molar-refractivity contribution in [3.8, 4) is 0 Å². The molecule has 1 aliphatic rings. The molecule has 1 fully saturated rings. The normalized spacial score (nSPS) is 16.4. The van der Waals surface area contributed by atoms with Crippen molar-refractivity contribution < 1.29 is 22.4 Å². The fraction of sp³-hybridized carbons (Fsp3) is 0.467. The first-order valence-corrected chi connectivity index (χ1v) is 9.22. The van der Waals surface area contributed by atoms with Crippen LogP contribution in [0.4, 0.5) is 4.79 Å². The van der Waals surface area contributed by atoms with Crippen LogP contribution in [0.15, 0.2) is 32.3 Å². The molecule has 130 valence electrons.